The first kappa shape index (κ1) is 9.47. The Morgan fingerprint density at radius 3 is 2.29 bits per heavy atom. The van der Waals surface area contributed by atoms with Crippen LogP contribution in [0.1, 0.15) is 25.8 Å². The smallest absolute Gasteiger partial charge is 0.0400 e. The minimum absolute atomic E-state index is 0.0805. The molecule has 1 fully saturated rings. The van der Waals surface area contributed by atoms with Gasteiger partial charge in [-0.3, -0.25) is 0 Å². The van der Waals surface area contributed by atoms with Crippen molar-refractivity contribution < 1.29 is 0 Å². The molecular formula is C13H17N. The van der Waals surface area contributed by atoms with Crippen molar-refractivity contribution in [1.82, 2.24) is 0 Å². The van der Waals surface area contributed by atoms with Crippen molar-refractivity contribution in [2.24, 2.45) is 11.1 Å². The summed E-state index contributed by atoms with van der Waals surface area (Å²) in [6, 6.07) is 10.3. The van der Waals surface area contributed by atoms with Gasteiger partial charge in [-0.25, -0.2) is 0 Å². The first-order valence-electron chi connectivity index (χ1n) is 5.07. The van der Waals surface area contributed by atoms with Gasteiger partial charge >= 0.3 is 0 Å². The molecule has 1 aromatic carbocycles. The number of hydrogen-bond donors (Lipinski definition) is 1. The Hall–Kier alpha value is -1.08. The molecule has 0 aliphatic heterocycles. The molecule has 1 unspecified atom stereocenters. The molecule has 0 heterocycles. The van der Waals surface area contributed by atoms with Gasteiger partial charge in [-0.15, -0.1) is 0 Å². The second-order valence-corrected chi connectivity index (χ2v) is 4.85. The molecule has 0 radical (unpaired) electrons. The molecule has 0 amide bonds. The highest BCUT2D eigenvalue weighted by Gasteiger charge is 2.56. The van der Waals surface area contributed by atoms with E-state index in [1.807, 2.05) is 18.2 Å². The third kappa shape index (κ3) is 1.60. The van der Waals surface area contributed by atoms with Gasteiger partial charge < -0.3 is 5.73 Å². The van der Waals surface area contributed by atoms with Crippen LogP contribution < -0.4 is 5.73 Å². The van der Waals surface area contributed by atoms with Gasteiger partial charge in [0.15, 0.2) is 0 Å². The topological polar surface area (TPSA) is 26.0 Å². The Labute approximate surface area is 85.6 Å². The van der Waals surface area contributed by atoms with Gasteiger partial charge in [0, 0.05) is 5.54 Å². The summed E-state index contributed by atoms with van der Waals surface area (Å²) in [6.45, 7) is 4.42. The summed E-state index contributed by atoms with van der Waals surface area (Å²) in [4.78, 5) is 0. The number of hydrogen-bond acceptors (Lipinski definition) is 1. The van der Waals surface area contributed by atoms with Crippen molar-refractivity contribution in [1.29, 1.82) is 0 Å². The summed E-state index contributed by atoms with van der Waals surface area (Å²) in [5.41, 5.74) is 7.60. The fourth-order valence-corrected chi connectivity index (χ4v) is 1.78. The highest BCUT2D eigenvalue weighted by molar-refractivity contribution is 5.52. The molecule has 2 N–H and O–H groups in total. The fourth-order valence-electron chi connectivity index (χ4n) is 1.78. The Kier molecular flexibility index (Phi) is 2.00. The average molecular weight is 187 g/mol. The van der Waals surface area contributed by atoms with E-state index in [0.29, 0.717) is 0 Å². The Morgan fingerprint density at radius 2 is 1.79 bits per heavy atom. The Balaban J connectivity index is 2.10. The minimum atomic E-state index is -0.0805. The molecule has 0 saturated heterocycles. The zero-order valence-corrected chi connectivity index (χ0v) is 8.83. The summed E-state index contributed by atoms with van der Waals surface area (Å²) in [5.74, 6) is 0. The minimum Gasteiger partial charge on any atom is -0.321 e. The van der Waals surface area contributed by atoms with Crippen LogP contribution >= 0.6 is 0 Å². The van der Waals surface area contributed by atoms with Crippen LogP contribution in [0.5, 0.6) is 0 Å². The number of rotatable bonds is 2. The predicted molar refractivity (Wildman–Crippen MR) is 60.8 cm³/mol. The summed E-state index contributed by atoms with van der Waals surface area (Å²) in [5, 5.41) is 0. The molecule has 1 aliphatic rings. The summed E-state index contributed by atoms with van der Waals surface area (Å²) >= 11 is 0. The van der Waals surface area contributed by atoms with Crippen molar-refractivity contribution in [3.8, 4) is 0 Å². The van der Waals surface area contributed by atoms with Crippen LogP contribution in [0, 0.1) is 5.41 Å². The quantitative estimate of drug-likeness (QED) is 0.757. The van der Waals surface area contributed by atoms with E-state index in [4.69, 9.17) is 5.73 Å². The van der Waals surface area contributed by atoms with E-state index in [1.165, 1.54) is 5.56 Å². The van der Waals surface area contributed by atoms with Gasteiger partial charge in [0.05, 0.1) is 0 Å². The summed E-state index contributed by atoms with van der Waals surface area (Å²) in [7, 11) is 0. The highest BCUT2D eigenvalue weighted by atomic mass is 14.9. The van der Waals surface area contributed by atoms with E-state index in [9.17, 15) is 0 Å². The zero-order valence-electron chi connectivity index (χ0n) is 8.83. The lowest BCUT2D eigenvalue weighted by Gasteiger charge is -2.08. The van der Waals surface area contributed by atoms with Gasteiger partial charge in [-0.1, -0.05) is 56.3 Å². The molecule has 1 saturated carbocycles. The Morgan fingerprint density at radius 1 is 1.21 bits per heavy atom. The normalized spacial score (nSPS) is 29.4. The molecule has 1 aromatic rings. The zero-order chi connectivity index (χ0) is 10.2. The van der Waals surface area contributed by atoms with Crippen LogP contribution in [0.2, 0.25) is 0 Å². The van der Waals surface area contributed by atoms with Crippen molar-refractivity contribution in [2.75, 3.05) is 0 Å². The second kappa shape index (κ2) is 2.96. The maximum absolute atomic E-state index is 6.19. The third-order valence-corrected chi connectivity index (χ3v) is 3.24. The van der Waals surface area contributed by atoms with E-state index < -0.39 is 0 Å². The molecule has 74 valence electrons. The lowest BCUT2D eigenvalue weighted by molar-refractivity contribution is 0.560. The third-order valence-electron chi connectivity index (χ3n) is 3.24. The molecule has 1 heteroatoms. The lowest BCUT2D eigenvalue weighted by atomic mass is 10.0. The molecule has 14 heavy (non-hydrogen) atoms. The van der Waals surface area contributed by atoms with E-state index in [0.717, 1.165) is 6.42 Å². The average Bonchev–Trinajstić information content (AvgIpc) is 2.65. The second-order valence-electron chi connectivity index (χ2n) is 4.85. The van der Waals surface area contributed by atoms with E-state index >= 15 is 0 Å². The van der Waals surface area contributed by atoms with E-state index in [1.54, 1.807) is 0 Å². The van der Waals surface area contributed by atoms with Crippen molar-refractivity contribution >= 4 is 6.08 Å². The van der Waals surface area contributed by atoms with Gasteiger partial charge in [0.2, 0.25) is 0 Å². The van der Waals surface area contributed by atoms with Gasteiger partial charge in [-0.05, 0) is 17.4 Å². The lowest BCUT2D eigenvalue weighted by Crippen LogP contribution is -2.25. The van der Waals surface area contributed by atoms with Crippen LogP contribution in [0.4, 0.5) is 0 Å². The van der Waals surface area contributed by atoms with E-state index in [-0.39, 0.29) is 11.0 Å². The SMILES string of the molecule is CC1(C)CC1(N)/C=C/c1ccccc1. The molecular weight excluding hydrogens is 170 g/mol. The monoisotopic (exact) mass is 187 g/mol. The number of benzene rings is 1. The molecule has 0 spiro atoms. The molecule has 1 nitrogen and oxygen atoms in total. The van der Waals surface area contributed by atoms with Crippen molar-refractivity contribution in [2.45, 2.75) is 25.8 Å². The van der Waals surface area contributed by atoms with Crippen molar-refractivity contribution in [3.63, 3.8) is 0 Å². The molecule has 0 aromatic heterocycles. The van der Waals surface area contributed by atoms with Gasteiger partial charge in [0.25, 0.3) is 0 Å². The summed E-state index contributed by atoms with van der Waals surface area (Å²) in [6.07, 6.45) is 5.35. The van der Waals surface area contributed by atoms with E-state index in [2.05, 4.69) is 38.1 Å². The molecule has 0 bridgehead atoms. The van der Waals surface area contributed by atoms with Crippen molar-refractivity contribution in [3.05, 3.63) is 42.0 Å². The van der Waals surface area contributed by atoms with Gasteiger partial charge in [0.1, 0.15) is 0 Å². The molecule has 1 atom stereocenters. The van der Waals surface area contributed by atoms with Gasteiger partial charge in [-0.2, -0.15) is 0 Å². The predicted octanol–water partition coefficient (Wildman–Crippen LogP) is 2.83. The fraction of sp³-hybridized carbons (Fsp3) is 0.385. The standard InChI is InChI=1S/C13H17N/c1-12(2)10-13(12,14)9-8-11-6-4-3-5-7-11/h3-9H,10,14H2,1-2H3/b9-8+. The van der Waals surface area contributed by atoms with Crippen LogP contribution in [-0.2, 0) is 0 Å². The van der Waals surface area contributed by atoms with Crippen LogP contribution in [0.3, 0.4) is 0 Å². The first-order valence-corrected chi connectivity index (χ1v) is 5.07. The molecule has 2 rings (SSSR count). The maximum atomic E-state index is 6.19. The Bertz CT molecular complexity index is 351. The highest BCUT2D eigenvalue weighted by Crippen LogP contribution is 2.54. The van der Waals surface area contributed by atoms with Crippen LogP contribution in [0.25, 0.3) is 6.08 Å². The van der Waals surface area contributed by atoms with Crippen LogP contribution in [-0.4, -0.2) is 5.54 Å². The van der Waals surface area contributed by atoms with Crippen LogP contribution in [0.15, 0.2) is 36.4 Å². The first-order chi connectivity index (χ1) is 6.54. The largest absolute Gasteiger partial charge is 0.321 e. The molecule has 1 aliphatic carbocycles. The number of nitrogens with two attached hydrogens (primary N) is 1. The summed E-state index contributed by atoms with van der Waals surface area (Å²) < 4.78 is 0. The maximum Gasteiger partial charge on any atom is 0.0400 e.